The first kappa shape index (κ1) is 21.4. The molecule has 0 radical (unpaired) electrons. The number of ether oxygens (including phenoxy) is 1. The van der Waals surface area contributed by atoms with Gasteiger partial charge in [-0.2, -0.15) is 0 Å². The van der Waals surface area contributed by atoms with Crippen LogP contribution in [-0.4, -0.2) is 64.0 Å². The van der Waals surface area contributed by atoms with Gasteiger partial charge < -0.3 is 9.84 Å². The zero-order valence-electron chi connectivity index (χ0n) is 17.8. The van der Waals surface area contributed by atoms with Gasteiger partial charge in [-0.05, 0) is 87.6 Å². The molecule has 0 spiro atoms. The fourth-order valence-corrected chi connectivity index (χ4v) is 4.55. The molecule has 2 fully saturated rings. The number of pyridine rings is 2. The summed E-state index contributed by atoms with van der Waals surface area (Å²) in [6.45, 7) is 6.75. The zero-order valence-corrected chi connectivity index (χ0v) is 17.8. The van der Waals surface area contributed by atoms with Gasteiger partial charge in [-0.1, -0.05) is 6.07 Å². The Bertz CT molecular complexity index is 729. The molecule has 2 aromatic heterocycles. The highest BCUT2D eigenvalue weighted by molar-refractivity contribution is 5.09. The lowest BCUT2D eigenvalue weighted by Crippen LogP contribution is -2.39. The number of piperidine rings is 2. The zero-order chi connectivity index (χ0) is 20.6. The highest BCUT2D eigenvalue weighted by Crippen LogP contribution is 2.25. The monoisotopic (exact) mass is 410 g/mol. The minimum absolute atomic E-state index is 0.247. The summed E-state index contributed by atoms with van der Waals surface area (Å²) in [5.74, 6) is 0.800. The highest BCUT2D eigenvalue weighted by Gasteiger charge is 2.27. The number of likely N-dealkylation sites (tertiary alicyclic amines) is 2. The molecule has 2 saturated heterocycles. The number of hydrogen-bond acceptors (Lipinski definition) is 6. The average Bonchev–Trinajstić information content (AvgIpc) is 2.80. The van der Waals surface area contributed by atoms with Crippen molar-refractivity contribution in [2.45, 2.75) is 45.1 Å². The largest absolute Gasteiger partial charge is 0.368 e. The van der Waals surface area contributed by atoms with Crippen LogP contribution in [0, 0.1) is 11.8 Å². The molecule has 4 heterocycles. The maximum Gasteiger partial charge on any atom is 0.157 e. The minimum atomic E-state index is -0.628. The molecule has 1 N–H and O–H groups in total. The average molecular weight is 411 g/mol. The van der Waals surface area contributed by atoms with Gasteiger partial charge >= 0.3 is 0 Å². The van der Waals surface area contributed by atoms with Crippen LogP contribution >= 0.6 is 0 Å². The fraction of sp³-hybridized carbons (Fsp3) is 0.583. The quantitative estimate of drug-likeness (QED) is 0.675. The number of hydrogen-bond donors (Lipinski definition) is 1. The Labute approximate surface area is 179 Å². The van der Waals surface area contributed by atoms with Gasteiger partial charge in [0.05, 0.1) is 12.3 Å². The third kappa shape index (κ3) is 6.32. The van der Waals surface area contributed by atoms with Crippen LogP contribution in [0.15, 0.2) is 48.9 Å². The maximum absolute atomic E-state index is 10.6. The van der Waals surface area contributed by atoms with Crippen molar-refractivity contribution in [3.63, 3.8) is 0 Å². The molecule has 6 nitrogen and oxygen atoms in total. The molecule has 4 rings (SSSR count). The first-order valence-electron chi connectivity index (χ1n) is 11.3. The summed E-state index contributed by atoms with van der Waals surface area (Å²) in [6.07, 6.45) is 9.19. The van der Waals surface area contributed by atoms with Crippen LogP contribution in [0.4, 0.5) is 0 Å². The van der Waals surface area contributed by atoms with Gasteiger partial charge in [0.25, 0.3) is 0 Å². The predicted molar refractivity (Wildman–Crippen MR) is 116 cm³/mol. The number of aliphatic hydroxyl groups excluding tert-OH is 1. The summed E-state index contributed by atoms with van der Waals surface area (Å²) in [7, 11) is 0. The number of rotatable bonds is 8. The van der Waals surface area contributed by atoms with E-state index < -0.39 is 6.29 Å². The fourth-order valence-electron chi connectivity index (χ4n) is 4.55. The van der Waals surface area contributed by atoms with Crippen LogP contribution in [0.1, 0.15) is 36.9 Å². The smallest absolute Gasteiger partial charge is 0.157 e. The summed E-state index contributed by atoms with van der Waals surface area (Å²) in [6, 6.07) is 10.2. The normalized spacial score (nSPS) is 21.0. The van der Waals surface area contributed by atoms with Crippen LogP contribution in [-0.2, 0) is 17.8 Å². The van der Waals surface area contributed by atoms with E-state index in [1.165, 1.54) is 5.56 Å². The Morgan fingerprint density at radius 1 is 0.900 bits per heavy atom. The second-order valence-corrected chi connectivity index (χ2v) is 8.73. The van der Waals surface area contributed by atoms with Crippen LogP contribution in [0.2, 0.25) is 0 Å². The standard InChI is InChI=1S/C24H34N4O2/c29-24(22-8-15-28(16-9-22)18-23-3-1-2-10-26-23)30-19-21-6-13-27(14-7-21)17-20-4-11-25-12-5-20/h1-5,10-12,21-22,24,29H,6-9,13-19H2. The summed E-state index contributed by atoms with van der Waals surface area (Å²) < 4.78 is 5.93. The van der Waals surface area contributed by atoms with Gasteiger partial charge in [0, 0.05) is 37.6 Å². The Hall–Kier alpha value is -1.86. The first-order valence-corrected chi connectivity index (χ1v) is 11.3. The maximum atomic E-state index is 10.6. The topological polar surface area (TPSA) is 61.7 Å². The number of aliphatic hydroxyl groups is 1. The van der Waals surface area contributed by atoms with Crippen molar-refractivity contribution in [1.29, 1.82) is 0 Å². The van der Waals surface area contributed by atoms with Crippen LogP contribution in [0.3, 0.4) is 0 Å². The summed E-state index contributed by atoms with van der Waals surface area (Å²) in [5, 5.41) is 10.6. The predicted octanol–water partition coefficient (Wildman–Crippen LogP) is 2.94. The van der Waals surface area contributed by atoms with Gasteiger partial charge in [0.2, 0.25) is 0 Å². The molecule has 0 bridgehead atoms. The van der Waals surface area contributed by atoms with E-state index in [2.05, 4.69) is 38.0 Å². The van der Waals surface area contributed by atoms with Crippen molar-refractivity contribution in [1.82, 2.24) is 19.8 Å². The first-order chi connectivity index (χ1) is 14.8. The van der Waals surface area contributed by atoms with Crippen molar-refractivity contribution in [3.05, 3.63) is 60.2 Å². The van der Waals surface area contributed by atoms with Gasteiger partial charge in [-0.25, -0.2) is 0 Å². The molecule has 0 aliphatic carbocycles. The van der Waals surface area contributed by atoms with E-state index in [-0.39, 0.29) is 5.92 Å². The van der Waals surface area contributed by atoms with Crippen LogP contribution < -0.4 is 0 Å². The van der Waals surface area contributed by atoms with E-state index in [1.807, 2.05) is 30.7 Å². The third-order valence-electron chi connectivity index (χ3n) is 6.51. The van der Waals surface area contributed by atoms with Crippen molar-refractivity contribution in [2.75, 3.05) is 32.8 Å². The summed E-state index contributed by atoms with van der Waals surface area (Å²) >= 11 is 0. The Morgan fingerprint density at radius 2 is 1.60 bits per heavy atom. The molecule has 0 aromatic carbocycles. The Balaban J connectivity index is 1.12. The van der Waals surface area contributed by atoms with Crippen LogP contribution in [0.25, 0.3) is 0 Å². The molecule has 1 atom stereocenters. The molecular weight excluding hydrogens is 376 g/mol. The lowest BCUT2D eigenvalue weighted by molar-refractivity contribution is -0.154. The Kier molecular flexibility index (Phi) is 7.81. The molecule has 162 valence electrons. The molecule has 6 heteroatoms. The van der Waals surface area contributed by atoms with E-state index in [9.17, 15) is 5.11 Å². The van der Waals surface area contributed by atoms with Gasteiger partial charge in [0.15, 0.2) is 6.29 Å². The molecule has 2 aliphatic heterocycles. The second-order valence-electron chi connectivity index (χ2n) is 8.73. The summed E-state index contributed by atoms with van der Waals surface area (Å²) in [4.78, 5) is 13.4. The van der Waals surface area contributed by atoms with Gasteiger partial charge in [-0.3, -0.25) is 19.8 Å². The summed E-state index contributed by atoms with van der Waals surface area (Å²) in [5.41, 5.74) is 2.44. The minimum Gasteiger partial charge on any atom is -0.368 e. The lowest BCUT2D eigenvalue weighted by atomic mass is 9.95. The van der Waals surface area contributed by atoms with E-state index in [4.69, 9.17) is 4.74 Å². The molecule has 0 saturated carbocycles. The number of nitrogens with zero attached hydrogens (tertiary/aromatic N) is 4. The van der Waals surface area contributed by atoms with Gasteiger partial charge in [0.1, 0.15) is 0 Å². The molecule has 2 aliphatic rings. The molecule has 0 amide bonds. The van der Waals surface area contributed by atoms with E-state index >= 15 is 0 Å². The van der Waals surface area contributed by atoms with Crippen molar-refractivity contribution < 1.29 is 9.84 Å². The Morgan fingerprint density at radius 3 is 2.30 bits per heavy atom. The molecule has 1 unspecified atom stereocenters. The highest BCUT2D eigenvalue weighted by atomic mass is 16.6. The third-order valence-corrected chi connectivity index (χ3v) is 6.51. The van der Waals surface area contributed by atoms with Crippen LogP contribution in [0.5, 0.6) is 0 Å². The van der Waals surface area contributed by atoms with E-state index in [1.54, 1.807) is 0 Å². The van der Waals surface area contributed by atoms with Crippen molar-refractivity contribution in [3.8, 4) is 0 Å². The SMILES string of the molecule is OC(OCC1CCN(Cc2ccncc2)CC1)C1CCN(Cc2ccccn2)CC1. The lowest BCUT2D eigenvalue weighted by Gasteiger charge is -2.35. The van der Waals surface area contributed by atoms with Crippen molar-refractivity contribution >= 4 is 0 Å². The van der Waals surface area contributed by atoms with E-state index in [0.29, 0.717) is 12.5 Å². The van der Waals surface area contributed by atoms with Gasteiger partial charge in [-0.15, -0.1) is 0 Å². The molecule has 2 aromatic rings. The second kappa shape index (κ2) is 11.0. The van der Waals surface area contributed by atoms with Crippen molar-refractivity contribution in [2.24, 2.45) is 11.8 Å². The van der Waals surface area contributed by atoms with E-state index in [0.717, 1.165) is 70.6 Å². The molecular formula is C24H34N4O2. The molecule has 30 heavy (non-hydrogen) atoms. The number of aromatic nitrogens is 2.